The molecule has 0 radical (unpaired) electrons. The van der Waals surface area contributed by atoms with E-state index in [1.54, 1.807) is 0 Å². The lowest BCUT2D eigenvalue weighted by Crippen LogP contribution is -2.41. The van der Waals surface area contributed by atoms with Crippen molar-refractivity contribution in [2.45, 2.75) is 187 Å². The largest absolute Gasteiger partial charge is 0.340 e. The molecule has 0 aliphatic carbocycles. The third-order valence-electron chi connectivity index (χ3n) is 8.04. The highest BCUT2D eigenvalue weighted by molar-refractivity contribution is 5.76. The van der Waals surface area contributed by atoms with Crippen LogP contribution >= 0.6 is 0 Å². The molecule has 0 heterocycles. The van der Waals surface area contributed by atoms with Gasteiger partial charge in [-0.15, -0.1) is 0 Å². The van der Waals surface area contributed by atoms with Gasteiger partial charge in [0.05, 0.1) is 0 Å². The molecule has 1 amide bonds. The van der Waals surface area contributed by atoms with Gasteiger partial charge in [0.25, 0.3) is 0 Å². The number of hydrogen-bond acceptors (Lipinski definition) is 2. The highest BCUT2D eigenvalue weighted by Gasteiger charge is 2.22. The summed E-state index contributed by atoms with van der Waals surface area (Å²) in [6, 6.07) is 0.471. The fraction of sp³-hybridized carbons (Fsp3) is 0.971. The van der Waals surface area contributed by atoms with Gasteiger partial charge in [-0.1, -0.05) is 149 Å². The summed E-state index contributed by atoms with van der Waals surface area (Å²) in [5.41, 5.74) is 0. The molecule has 0 saturated heterocycles. The lowest BCUT2D eigenvalue weighted by Gasteiger charge is -2.33. The van der Waals surface area contributed by atoms with Gasteiger partial charge in [0.1, 0.15) is 0 Å². The Labute approximate surface area is 234 Å². The molecule has 0 aromatic carbocycles. The zero-order chi connectivity index (χ0) is 27.4. The van der Waals surface area contributed by atoms with E-state index in [9.17, 15) is 4.79 Å². The van der Waals surface area contributed by atoms with Crippen LogP contribution in [0.4, 0.5) is 0 Å². The van der Waals surface area contributed by atoms with Gasteiger partial charge in [0.2, 0.25) is 5.91 Å². The Hall–Kier alpha value is -0.570. The second kappa shape index (κ2) is 28.4. The summed E-state index contributed by atoms with van der Waals surface area (Å²) in [4.78, 5) is 18.1. The summed E-state index contributed by atoms with van der Waals surface area (Å²) in [6.07, 6.45) is 32.4. The molecule has 0 saturated carbocycles. The van der Waals surface area contributed by atoms with Gasteiger partial charge in [-0.3, -0.25) is 4.79 Å². The molecule has 0 N–H and O–H groups in total. The van der Waals surface area contributed by atoms with Crippen LogP contribution in [0.25, 0.3) is 0 Å². The van der Waals surface area contributed by atoms with E-state index in [0.717, 1.165) is 25.9 Å². The van der Waals surface area contributed by atoms with Crippen LogP contribution in [0.3, 0.4) is 0 Å². The van der Waals surface area contributed by atoms with Gasteiger partial charge in [-0.2, -0.15) is 0 Å². The predicted molar refractivity (Wildman–Crippen MR) is 167 cm³/mol. The van der Waals surface area contributed by atoms with E-state index in [0.29, 0.717) is 11.9 Å². The number of carbonyl (C=O) groups is 1. The first-order valence-corrected chi connectivity index (χ1v) is 17.0. The van der Waals surface area contributed by atoms with Crippen LogP contribution in [0.2, 0.25) is 0 Å². The van der Waals surface area contributed by atoms with Crippen LogP contribution in [-0.4, -0.2) is 48.9 Å². The third-order valence-corrected chi connectivity index (χ3v) is 8.04. The summed E-state index contributed by atoms with van der Waals surface area (Å²) >= 11 is 0. The van der Waals surface area contributed by atoms with E-state index in [4.69, 9.17) is 0 Å². The van der Waals surface area contributed by atoms with E-state index < -0.39 is 0 Å². The summed E-state index contributed by atoms with van der Waals surface area (Å²) in [7, 11) is 4.23. The first kappa shape index (κ1) is 36.4. The van der Waals surface area contributed by atoms with Crippen molar-refractivity contribution >= 4 is 5.91 Å². The van der Waals surface area contributed by atoms with E-state index in [1.165, 1.54) is 148 Å². The van der Waals surface area contributed by atoms with E-state index in [1.807, 2.05) is 0 Å². The van der Waals surface area contributed by atoms with Crippen molar-refractivity contribution in [2.24, 2.45) is 0 Å². The van der Waals surface area contributed by atoms with E-state index >= 15 is 0 Å². The molecule has 37 heavy (non-hydrogen) atoms. The maximum absolute atomic E-state index is 13.5. The van der Waals surface area contributed by atoms with Crippen LogP contribution in [0.1, 0.15) is 181 Å². The van der Waals surface area contributed by atoms with Gasteiger partial charge < -0.3 is 9.80 Å². The van der Waals surface area contributed by atoms with E-state index in [-0.39, 0.29) is 0 Å². The van der Waals surface area contributed by atoms with Gasteiger partial charge in [-0.05, 0) is 46.3 Å². The SMILES string of the molecule is CCCCCCCCCC(CCCCCCCCC)N(CCCCCCCCC)C(=O)CCCN(C)C. The number of rotatable bonds is 29. The molecule has 0 aromatic heterocycles. The second-order valence-corrected chi connectivity index (χ2v) is 12.1. The Morgan fingerprint density at radius 3 is 1.27 bits per heavy atom. The number of nitrogens with zero attached hydrogens (tertiary/aromatic N) is 2. The Kier molecular flexibility index (Phi) is 28.0. The number of unbranched alkanes of at least 4 members (excludes halogenated alkanes) is 18. The maximum atomic E-state index is 13.5. The molecule has 0 fully saturated rings. The Bertz CT molecular complexity index is 447. The topological polar surface area (TPSA) is 23.6 Å². The van der Waals surface area contributed by atoms with E-state index in [2.05, 4.69) is 44.7 Å². The monoisotopic (exact) mass is 523 g/mol. The van der Waals surface area contributed by atoms with Crippen LogP contribution in [0.5, 0.6) is 0 Å². The molecule has 0 unspecified atom stereocenters. The lowest BCUT2D eigenvalue weighted by molar-refractivity contribution is -0.134. The van der Waals surface area contributed by atoms with Gasteiger partial charge in [0.15, 0.2) is 0 Å². The second-order valence-electron chi connectivity index (χ2n) is 12.1. The number of amides is 1. The van der Waals surface area contributed by atoms with Crippen LogP contribution in [-0.2, 0) is 4.79 Å². The molecule has 0 rings (SSSR count). The standard InChI is InChI=1S/C34H70N2O/c1-6-9-12-15-18-21-24-28-33(29-25-22-19-16-13-10-7-2)36(34(37)30-27-31-35(4)5)32-26-23-20-17-14-11-8-3/h33H,6-32H2,1-5H3. The zero-order valence-corrected chi connectivity index (χ0v) is 26.5. The Morgan fingerprint density at radius 1 is 0.486 bits per heavy atom. The van der Waals surface area contributed by atoms with Crippen LogP contribution < -0.4 is 0 Å². The fourth-order valence-corrected chi connectivity index (χ4v) is 5.57. The van der Waals surface area contributed by atoms with Gasteiger partial charge >= 0.3 is 0 Å². The van der Waals surface area contributed by atoms with Gasteiger partial charge in [-0.25, -0.2) is 0 Å². The minimum absolute atomic E-state index is 0.434. The van der Waals surface area contributed by atoms with Crippen molar-refractivity contribution in [3.8, 4) is 0 Å². The molecule has 0 aliphatic heterocycles. The summed E-state index contributed by atoms with van der Waals surface area (Å²) in [5, 5.41) is 0. The van der Waals surface area contributed by atoms with Crippen molar-refractivity contribution in [3.63, 3.8) is 0 Å². The highest BCUT2D eigenvalue weighted by atomic mass is 16.2. The summed E-state index contributed by atoms with van der Waals surface area (Å²) in [6.45, 7) is 8.88. The minimum Gasteiger partial charge on any atom is -0.340 e. The lowest BCUT2D eigenvalue weighted by atomic mass is 9.97. The van der Waals surface area contributed by atoms with Crippen LogP contribution in [0.15, 0.2) is 0 Å². The fourth-order valence-electron chi connectivity index (χ4n) is 5.57. The molecule has 0 aromatic rings. The van der Waals surface area contributed by atoms with Crippen molar-refractivity contribution in [1.82, 2.24) is 9.80 Å². The molecular weight excluding hydrogens is 452 g/mol. The highest BCUT2D eigenvalue weighted by Crippen LogP contribution is 2.21. The quantitative estimate of drug-likeness (QED) is 0.0912. The van der Waals surface area contributed by atoms with Crippen LogP contribution in [0, 0.1) is 0 Å². The Balaban J connectivity index is 4.90. The predicted octanol–water partition coefficient (Wildman–Crippen LogP) is 10.6. The third kappa shape index (κ3) is 24.2. The molecule has 0 spiro atoms. The molecule has 0 aliphatic rings. The zero-order valence-electron chi connectivity index (χ0n) is 26.5. The summed E-state index contributed by atoms with van der Waals surface area (Å²) in [5.74, 6) is 0.434. The Morgan fingerprint density at radius 2 is 0.865 bits per heavy atom. The molecular formula is C34H70N2O. The van der Waals surface area contributed by atoms with Gasteiger partial charge in [0, 0.05) is 19.0 Å². The average molecular weight is 523 g/mol. The smallest absolute Gasteiger partial charge is 0.222 e. The number of hydrogen-bond donors (Lipinski definition) is 0. The molecule has 0 bridgehead atoms. The van der Waals surface area contributed by atoms with Crippen molar-refractivity contribution in [3.05, 3.63) is 0 Å². The van der Waals surface area contributed by atoms with Crippen molar-refractivity contribution in [1.29, 1.82) is 0 Å². The molecule has 3 nitrogen and oxygen atoms in total. The molecule has 0 atom stereocenters. The van der Waals surface area contributed by atoms with Crippen molar-refractivity contribution in [2.75, 3.05) is 27.2 Å². The average Bonchev–Trinajstić information content (AvgIpc) is 2.88. The molecule has 3 heteroatoms. The summed E-state index contributed by atoms with van der Waals surface area (Å²) < 4.78 is 0. The van der Waals surface area contributed by atoms with Crippen molar-refractivity contribution < 1.29 is 4.79 Å². The minimum atomic E-state index is 0.434. The first-order chi connectivity index (χ1) is 18.1. The molecule has 222 valence electrons. The number of carbonyl (C=O) groups excluding carboxylic acids is 1. The maximum Gasteiger partial charge on any atom is 0.222 e. The first-order valence-electron chi connectivity index (χ1n) is 17.0. The normalized spacial score (nSPS) is 11.6.